The number of benzene rings is 1. The van der Waals surface area contributed by atoms with E-state index in [-0.39, 0.29) is 25.0 Å². The first-order chi connectivity index (χ1) is 13.6. The Kier molecular flexibility index (Phi) is 6.54. The van der Waals surface area contributed by atoms with Gasteiger partial charge in [0.15, 0.2) is 0 Å². The van der Waals surface area contributed by atoms with Gasteiger partial charge >= 0.3 is 6.18 Å². The third kappa shape index (κ3) is 4.75. The highest BCUT2D eigenvalue weighted by molar-refractivity contribution is 7.89. The van der Waals surface area contributed by atoms with Crippen LogP contribution in [-0.4, -0.2) is 73.7 Å². The predicted molar refractivity (Wildman–Crippen MR) is 102 cm³/mol. The molecule has 1 aromatic rings. The number of piperazine rings is 1. The summed E-state index contributed by atoms with van der Waals surface area (Å²) in [6.45, 7) is 3.98. The van der Waals surface area contributed by atoms with Gasteiger partial charge in [-0.2, -0.15) is 17.5 Å². The molecule has 29 heavy (non-hydrogen) atoms. The lowest BCUT2D eigenvalue weighted by Gasteiger charge is -2.39. The summed E-state index contributed by atoms with van der Waals surface area (Å²) in [6.07, 6.45) is -1.65. The van der Waals surface area contributed by atoms with Gasteiger partial charge in [-0.05, 0) is 38.3 Å². The van der Waals surface area contributed by atoms with Gasteiger partial charge in [0.1, 0.15) is 0 Å². The maximum Gasteiger partial charge on any atom is 0.417 e. The molecule has 1 amide bonds. The quantitative estimate of drug-likeness (QED) is 0.732. The van der Waals surface area contributed by atoms with Crippen molar-refractivity contribution in [1.82, 2.24) is 14.1 Å². The normalized spacial score (nSPS) is 21.2. The van der Waals surface area contributed by atoms with Crippen LogP contribution in [0.3, 0.4) is 0 Å². The lowest BCUT2D eigenvalue weighted by Crippen LogP contribution is -2.56. The van der Waals surface area contributed by atoms with E-state index in [0.29, 0.717) is 13.1 Å². The molecule has 0 radical (unpaired) electrons. The number of hydrogen-bond donors (Lipinski definition) is 0. The molecule has 1 aromatic carbocycles. The van der Waals surface area contributed by atoms with Crippen molar-refractivity contribution in [1.29, 1.82) is 0 Å². The van der Waals surface area contributed by atoms with Gasteiger partial charge in [-0.3, -0.25) is 9.69 Å². The fourth-order valence-electron chi connectivity index (χ4n) is 3.93. The predicted octanol–water partition coefficient (Wildman–Crippen LogP) is 2.41. The summed E-state index contributed by atoms with van der Waals surface area (Å²) in [5.74, 6) is 0.0309. The molecular weight excluding hydrogens is 407 g/mol. The molecule has 2 heterocycles. The summed E-state index contributed by atoms with van der Waals surface area (Å²) < 4.78 is 66.5. The fraction of sp³-hybridized carbons (Fsp3) is 0.632. The zero-order valence-corrected chi connectivity index (χ0v) is 17.2. The van der Waals surface area contributed by atoms with E-state index in [4.69, 9.17) is 0 Å². The Labute approximate surface area is 169 Å². The molecule has 162 valence electrons. The van der Waals surface area contributed by atoms with Gasteiger partial charge in [-0.25, -0.2) is 8.42 Å². The SMILES string of the molecule is CC(C(=O)N1CCCCC1)N1CCN(S(=O)(=O)c2ccccc2C(F)(F)F)CC1. The molecule has 3 rings (SSSR count). The number of hydrogen-bond acceptors (Lipinski definition) is 4. The van der Waals surface area contributed by atoms with Crippen molar-refractivity contribution >= 4 is 15.9 Å². The monoisotopic (exact) mass is 433 g/mol. The van der Waals surface area contributed by atoms with Crippen molar-refractivity contribution in [2.75, 3.05) is 39.3 Å². The maximum absolute atomic E-state index is 13.2. The van der Waals surface area contributed by atoms with Crippen LogP contribution in [0.5, 0.6) is 0 Å². The molecule has 2 fully saturated rings. The number of carbonyl (C=O) groups excluding carboxylic acids is 1. The maximum atomic E-state index is 13.2. The van der Waals surface area contributed by atoms with Crippen molar-refractivity contribution in [3.8, 4) is 0 Å². The largest absolute Gasteiger partial charge is 0.417 e. The molecule has 0 aliphatic carbocycles. The van der Waals surface area contributed by atoms with Gasteiger partial charge in [0.25, 0.3) is 0 Å². The average molecular weight is 433 g/mol. The van der Waals surface area contributed by atoms with Crippen molar-refractivity contribution in [2.24, 2.45) is 0 Å². The highest BCUT2D eigenvalue weighted by Gasteiger charge is 2.40. The number of alkyl halides is 3. The van der Waals surface area contributed by atoms with Crippen LogP contribution >= 0.6 is 0 Å². The van der Waals surface area contributed by atoms with E-state index >= 15 is 0 Å². The van der Waals surface area contributed by atoms with E-state index in [9.17, 15) is 26.4 Å². The molecule has 1 unspecified atom stereocenters. The molecule has 0 N–H and O–H groups in total. The first-order valence-electron chi connectivity index (χ1n) is 9.81. The van der Waals surface area contributed by atoms with E-state index in [1.54, 1.807) is 6.92 Å². The Morgan fingerprint density at radius 1 is 0.966 bits per heavy atom. The minimum atomic E-state index is -4.75. The van der Waals surface area contributed by atoms with Crippen LogP contribution in [0.15, 0.2) is 29.2 Å². The Morgan fingerprint density at radius 3 is 2.14 bits per heavy atom. The molecule has 6 nitrogen and oxygen atoms in total. The zero-order valence-electron chi connectivity index (χ0n) is 16.4. The van der Waals surface area contributed by atoms with Crippen molar-refractivity contribution in [3.05, 3.63) is 29.8 Å². The second kappa shape index (κ2) is 8.61. The molecule has 0 bridgehead atoms. The van der Waals surface area contributed by atoms with Crippen LogP contribution in [-0.2, 0) is 21.0 Å². The number of nitrogens with zero attached hydrogens (tertiary/aromatic N) is 3. The third-order valence-electron chi connectivity index (χ3n) is 5.66. The summed E-state index contributed by atoms with van der Waals surface area (Å²) in [5, 5.41) is 0. The first-order valence-corrected chi connectivity index (χ1v) is 11.3. The second-order valence-corrected chi connectivity index (χ2v) is 9.40. The summed E-state index contributed by atoms with van der Waals surface area (Å²) in [6, 6.07) is 3.86. The zero-order chi connectivity index (χ0) is 21.2. The second-order valence-electron chi connectivity index (χ2n) is 7.50. The lowest BCUT2D eigenvalue weighted by atomic mass is 10.1. The molecule has 0 saturated carbocycles. The summed E-state index contributed by atoms with van der Waals surface area (Å²) in [7, 11) is -4.27. The number of amides is 1. The molecule has 1 atom stereocenters. The van der Waals surface area contributed by atoms with E-state index in [1.807, 2.05) is 9.80 Å². The molecular formula is C19H26F3N3O3S. The fourth-order valence-corrected chi connectivity index (χ4v) is 5.57. The van der Waals surface area contributed by atoms with Crippen molar-refractivity contribution < 1.29 is 26.4 Å². The number of rotatable bonds is 4. The number of piperidine rings is 1. The summed E-state index contributed by atoms with van der Waals surface area (Å²) >= 11 is 0. The van der Waals surface area contributed by atoms with Gasteiger partial charge in [0.05, 0.1) is 16.5 Å². The topological polar surface area (TPSA) is 60.9 Å². The first kappa shape index (κ1) is 22.0. The minimum absolute atomic E-state index is 0.0309. The van der Waals surface area contributed by atoms with Crippen molar-refractivity contribution in [3.63, 3.8) is 0 Å². The van der Waals surface area contributed by atoms with Gasteiger partial charge in [-0.1, -0.05) is 12.1 Å². The Morgan fingerprint density at radius 2 is 1.55 bits per heavy atom. The van der Waals surface area contributed by atoms with Crippen LogP contribution in [0, 0.1) is 0 Å². The number of likely N-dealkylation sites (tertiary alicyclic amines) is 1. The van der Waals surface area contributed by atoms with Crippen LogP contribution < -0.4 is 0 Å². The molecule has 0 spiro atoms. The molecule has 2 aliphatic rings. The van der Waals surface area contributed by atoms with Gasteiger partial charge < -0.3 is 4.90 Å². The van der Waals surface area contributed by atoms with Crippen LogP contribution in [0.4, 0.5) is 13.2 Å². The highest BCUT2D eigenvalue weighted by Crippen LogP contribution is 2.35. The number of carbonyl (C=O) groups is 1. The molecule has 2 aliphatic heterocycles. The number of halogens is 3. The van der Waals surface area contributed by atoms with E-state index < -0.39 is 26.7 Å². The van der Waals surface area contributed by atoms with Gasteiger partial charge in [-0.15, -0.1) is 0 Å². The minimum Gasteiger partial charge on any atom is -0.341 e. The molecule has 10 heteroatoms. The average Bonchev–Trinajstić information content (AvgIpc) is 2.73. The summed E-state index contributed by atoms with van der Waals surface area (Å²) in [5.41, 5.74) is -1.16. The van der Waals surface area contributed by atoms with Gasteiger partial charge in [0.2, 0.25) is 15.9 Å². The molecule has 2 saturated heterocycles. The van der Waals surface area contributed by atoms with Crippen molar-refractivity contribution in [2.45, 2.75) is 43.3 Å². The smallest absolute Gasteiger partial charge is 0.341 e. The highest BCUT2D eigenvalue weighted by atomic mass is 32.2. The van der Waals surface area contributed by atoms with Gasteiger partial charge in [0, 0.05) is 39.3 Å². The lowest BCUT2D eigenvalue weighted by molar-refractivity contribution is -0.140. The van der Waals surface area contributed by atoms with Crippen LogP contribution in [0.2, 0.25) is 0 Å². The summed E-state index contributed by atoms with van der Waals surface area (Å²) in [4.78, 5) is 15.7. The Hall–Kier alpha value is -1.65. The van der Waals surface area contributed by atoms with E-state index in [2.05, 4.69) is 0 Å². The number of sulfonamides is 1. The third-order valence-corrected chi connectivity index (χ3v) is 7.61. The Balaban J connectivity index is 1.68. The van der Waals surface area contributed by atoms with E-state index in [1.165, 1.54) is 12.1 Å². The Bertz CT molecular complexity index is 831. The molecule has 0 aromatic heterocycles. The van der Waals surface area contributed by atoms with E-state index in [0.717, 1.165) is 48.8 Å². The van der Waals surface area contributed by atoms with Crippen LogP contribution in [0.1, 0.15) is 31.7 Å². The van der Waals surface area contributed by atoms with Crippen LogP contribution in [0.25, 0.3) is 0 Å². The standard InChI is InChI=1S/C19H26F3N3O3S/c1-15(18(26)24-9-5-2-6-10-24)23-11-13-25(14-12-23)29(27,28)17-8-4-3-7-16(17)19(20,21)22/h3-4,7-8,15H,2,5-6,9-14H2,1H3.